The Balaban J connectivity index is 1.53. The molecule has 35 heavy (non-hydrogen) atoms. The molecule has 8 heteroatoms. The predicted octanol–water partition coefficient (Wildman–Crippen LogP) is 5.23. The summed E-state index contributed by atoms with van der Waals surface area (Å²) in [5.41, 5.74) is 3.49. The first-order chi connectivity index (χ1) is 17.0. The average Bonchev–Trinajstić information content (AvgIpc) is 3.54. The normalized spacial score (nSPS) is 15.3. The van der Waals surface area contributed by atoms with Crippen LogP contribution in [0.15, 0.2) is 53.3 Å². The van der Waals surface area contributed by atoms with Crippen molar-refractivity contribution in [2.24, 2.45) is 0 Å². The number of hydrogen-bond acceptors (Lipinski definition) is 5. The molecule has 0 aliphatic heterocycles. The van der Waals surface area contributed by atoms with E-state index in [1.165, 1.54) is 25.0 Å². The first kappa shape index (κ1) is 23.4. The van der Waals surface area contributed by atoms with Gasteiger partial charge in [0.1, 0.15) is 5.82 Å². The Morgan fingerprint density at radius 3 is 2.63 bits per heavy atom. The van der Waals surface area contributed by atoms with Crippen LogP contribution in [-0.2, 0) is 13.1 Å². The lowest BCUT2D eigenvalue weighted by molar-refractivity contribution is 0.158. The van der Waals surface area contributed by atoms with E-state index in [4.69, 9.17) is 0 Å². The Kier molecular flexibility index (Phi) is 6.72. The molecule has 0 unspecified atom stereocenters. The van der Waals surface area contributed by atoms with E-state index in [1.54, 1.807) is 12.1 Å². The standard InChI is InChI=1S/C27H31FN6O/c1-3-25(26-30-31-32-34(26)23-6-4-5-7-23)33(16-19-9-12-22(28)13-10-19)17-21-15-20-11-8-18(2)14-24(20)29-27(21)35/h8-15,23,25H,3-7,16-17H2,1-2H3,(H,29,35)/t25-/m1/s1. The number of fused-ring (bicyclic) bond motifs is 1. The number of aromatic amines is 1. The van der Waals surface area contributed by atoms with Gasteiger partial charge >= 0.3 is 0 Å². The maximum absolute atomic E-state index is 13.6. The predicted molar refractivity (Wildman–Crippen MR) is 133 cm³/mol. The number of aryl methyl sites for hydroxylation is 1. The number of rotatable bonds is 8. The van der Waals surface area contributed by atoms with Crippen LogP contribution in [0, 0.1) is 12.7 Å². The molecule has 1 aliphatic carbocycles. The van der Waals surface area contributed by atoms with Crippen LogP contribution in [0.2, 0.25) is 0 Å². The molecule has 1 saturated carbocycles. The summed E-state index contributed by atoms with van der Waals surface area (Å²) < 4.78 is 15.6. The van der Waals surface area contributed by atoms with Crippen LogP contribution in [0.1, 0.15) is 73.6 Å². The van der Waals surface area contributed by atoms with Crippen molar-refractivity contribution in [1.29, 1.82) is 0 Å². The number of tetrazole rings is 1. The molecule has 0 radical (unpaired) electrons. The Labute approximate surface area is 204 Å². The number of nitrogens with zero attached hydrogens (tertiary/aromatic N) is 5. The Morgan fingerprint density at radius 1 is 1.11 bits per heavy atom. The van der Waals surface area contributed by atoms with Gasteiger partial charge in [0.2, 0.25) is 0 Å². The van der Waals surface area contributed by atoms with E-state index in [0.29, 0.717) is 24.7 Å². The first-order valence-electron chi connectivity index (χ1n) is 12.4. The number of H-pyrrole nitrogens is 1. The molecule has 0 spiro atoms. The Morgan fingerprint density at radius 2 is 1.89 bits per heavy atom. The first-order valence-corrected chi connectivity index (χ1v) is 12.4. The molecule has 0 bridgehead atoms. The van der Waals surface area contributed by atoms with Crippen LogP contribution >= 0.6 is 0 Å². The summed E-state index contributed by atoms with van der Waals surface area (Å²) >= 11 is 0. The molecule has 1 aliphatic rings. The molecule has 1 atom stereocenters. The summed E-state index contributed by atoms with van der Waals surface area (Å²) in [6.07, 6.45) is 5.31. The SMILES string of the molecule is CC[C@H](c1nnnn1C1CCCC1)N(Cc1ccc(F)cc1)Cc1cc2ccc(C)cc2[nH]c1=O. The smallest absolute Gasteiger partial charge is 0.252 e. The second kappa shape index (κ2) is 10.1. The van der Waals surface area contributed by atoms with Crippen LogP contribution in [0.25, 0.3) is 10.9 Å². The van der Waals surface area contributed by atoms with Crippen molar-refractivity contribution in [2.45, 2.75) is 71.1 Å². The summed E-state index contributed by atoms with van der Waals surface area (Å²) in [4.78, 5) is 18.4. The molecule has 2 heterocycles. The molecular weight excluding hydrogens is 443 g/mol. The second-order valence-corrected chi connectivity index (χ2v) is 9.59. The number of nitrogens with one attached hydrogen (secondary N) is 1. The number of aromatic nitrogens is 5. The third-order valence-corrected chi connectivity index (χ3v) is 7.07. The summed E-state index contributed by atoms with van der Waals surface area (Å²) in [5, 5.41) is 13.8. The molecular formula is C27H31FN6O. The number of halogens is 1. The van der Waals surface area contributed by atoms with E-state index < -0.39 is 0 Å². The van der Waals surface area contributed by atoms with Gasteiger partial charge in [-0.3, -0.25) is 9.69 Å². The number of benzene rings is 2. The molecule has 4 aromatic rings. The summed E-state index contributed by atoms with van der Waals surface area (Å²) in [6.45, 7) is 5.09. The molecule has 2 aromatic carbocycles. The highest BCUT2D eigenvalue weighted by atomic mass is 19.1. The molecule has 1 fully saturated rings. The van der Waals surface area contributed by atoms with Gasteiger partial charge < -0.3 is 4.98 Å². The van der Waals surface area contributed by atoms with Crippen molar-refractivity contribution in [2.75, 3.05) is 0 Å². The van der Waals surface area contributed by atoms with Crippen LogP contribution in [0.5, 0.6) is 0 Å². The minimum absolute atomic E-state index is 0.0937. The molecule has 2 aromatic heterocycles. The van der Waals surface area contributed by atoms with Crippen LogP contribution in [0.4, 0.5) is 4.39 Å². The van der Waals surface area contributed by atoms with E-state index in [1.807, 2.05) is 35.9 Å². The highest BCUT2D eigenvalue weighted by molar-refractivity contribution is 5.79. The fraction of sp³-hybridized carbons (Fsp3) is 0.407. The highest BCUT2D eigenvalue weighted by Gasteiger charge is 2.29. The molecule has 7 nitrogen and oxygen atoms in total. The lowest BCUT2D eigenvalue weighted by atomic mass is 10.1. The second-order valence-electron chi connectivity index (χ2n) is 9.59. The quantitative estimate of drug-likeness (QED) is 0.378. The summed E-state index contributed by atoms with van der Waals surface area (Å²) in [6, 6.07) is 14.8. The fourth-order valence-corrected chi connectivity index (χ4v) is 5.23. The minimum Gasteiger partial charge on any atom is -0.322 e. The van der Waals surface area contributed by atoms with Crippen LogP contribution < -0.4 is 5.56 Å². The minimum atomic E-state index is -0.265. The monoisotopic (exact) mass is 474 g/mol. The van der Waals surface area contributed by atoms with Gasteiger partial charge in [-0.05, 0) is 77.4 Å². The van der Waals surface area contributed by atoms with E-state index in [9.17, 15) is 9.18 Å². The third kappa shape index (κ3) is 5.03. The fourth-order valence-electron chi connectivity index (χ4n) is 5.23. The third-order valence-electron chi connectivity index (χ3n) is 7.07. The molecule has 5 rings (SSSR count). The van der Waals surface area contributed by atoms with Gasteiger partial charge in [0, 0.05) is 24.2 Å². The van der Waals surface area contributed by atoms with Crippen molar-refractivity contribution in [3.05, 3.63) is 87.2 Å². The van der Waals surface area contributed by atoms with Gasteiger partial charge in [0.25, 0.3) is 5.56 Å². The zero-order chi connectivity index (χ0) is 24.4. The van der Waals surface area contributed by atoms with Crippen LogP contribution in [0.3, 0.4) is 0 Å². The zero-order valence-corrected chi connectivity index (χ0v) is 20.2. The van der Waals surface area contributed by atoms with E-state index in [-0.39, 0.29) is 17.4 Å². The van der Waals surface area contributed by atoms with Gasteiger partial charge in [-0.1, -0.05) is 44.0 Å². The number of pyridine rings is 1. The van der Waals surface area contributed by atoms with E-state index in [2.05, 4.69) is 32.3 Å². The van der Waals surface area contributed by atoms with Crippen molar-refractivity contribution < 1.29 is 4.39 Å². The van der Waals surface area contributed by atoms with Gasteiger partial charge in [-0.2, -0.15) is 0 Å². The molecule has 1 N–H and O–H groups in total. The number of hydrogen-bond donors (Lipinski definition) is 1. The zero-order valence-electron chi connectivity index (χ0n) is 20.2. The largest absolute Gasteiger partial charge is 0.322 e. The average molecular weight is 475 g/mol. The maximum atomic E-state index is 13.6. The van der Waals surface area contributed by atoms with E-state index >= 15 is 0 Å². The molecule has 0 saturated heterocycles. The summed E-state index contributed by atoms with van der Waals surface area (Å²) in [7, 11) is 0. The van der Waals surface area contributed by atoms with Crippen molar-refractivity contribution in [3.8, 4) is 0 Å². The Bertz CT molecular complexity index is 1360. The highest BCUT2D eigenvalue weighted by Crippen LogP contribution is 2.33. The topological polar surface area (TPSA) is 79.7 Å². The maximum Gasteiger partial charge on any atom is 0.252 e. The molecule has 0 amide bonds. The molecule has 182 valence electrons. The lowest BCUT2D eigenvalue weighted by Gasteiger charge is -2.31. The van der Waals surface area contributed by atoms with Crippen molar-refractivity contribution in [1.82, 2.24) is 30.1 Å². The van der Waals surface area contributed by atoms with Gasteiger partial charge in [-0.15, -0.1) is 5.10 Å². The van der Waals surface area contributed by atoms with Gasteiger partial charge in [0.15, 0.2) is 5.82 Å². The summed E-state index contributed by atoms with van der Waals surface area (Å²) in [5.74, 6) is 0.563. The van der Waals surface area contributed by atoms with E-state index in [0.717, 1.165) is 47.1 Å². The van der Waals surface area contributed by atoms with Crippen molar-refractivity contribution in [3.63, 3.8) is 0 Å². The lowest BCUT2D eigenvalue weighted by Crippen LogP contribution is -2.32. The van der Waals surface area contributed by atoms with Crippen molar-refractivity contribution >= 4 is 10.9 Å². The van der Waals surface area contributed by atoms with Gasteiger partial charge in [-0.25, -0.2) is 9.07 Å². The Hall–Kier alpha value is -3.39. The van der Waals surface area contributed by atoms with Crippen LogP contribution in [-0.4, -0.2) is 30.1 Å². The van der Waals surface area contributed by atoms with Gasteiger partial charge in [0.05, 0.1) is 12.1 Å².